The molecule has 6 aromatic carbocycles. The highest BCUT2D eigenvalue weighted by molar-refractivity contribution is 5.89. The van der Waals surface area contributed by atoms with Crippen LogP contribution in [0.25, 0.3) is 45.0 Å². The first-order chi connectivity index (χ1) is 26.6. The van der Waals surface area contributed by atoms with E-state index in [0.717, 1.165) is 69.6 Å². The molecule has 1 aliphatic heterocycles. The lowest BCUT2D eigenvalue weighted by Gasteiger charge is -2.56. The molecule has 5 aliphatic rings. The number of ether oxygens (including phenoxy) is 1. The number of rotatable bonds is 4. The topological polar surface area (TPSA) is 47.9 Å². The van der Waals surface area contributed by atoms with E-state index in [2.05, 4.69) is 146 Å². The summed E-state index contributed by atoms with van der Waals surface area (Å²) in [5, 5.41) is 0. The highest BCUT2D eigenvalue weighted by Gasteiger charge is 2.53. The van der Waals surface area contributed by atoms with Crippen molar-refractivity contribution in [2.45, 2.75) is 43.4 Å². The fraction of sp³-hybridized carbons (Fsp3) is 0.180. The average molecular weight is 696 g/mol. The number of allylic oxidation sites excluding steroid dienone is 2. The molecule has 4 heteroatoms. The van der Waals surface area contributed by atoms with Gasteiger partial charge in [0, 0.05) is 27.7 Å². The van der Waals surface area contributed by atoms with E-state index >= 15 is 0 Å². The molecule has 0 amide bonds. The second-order valence-corrected chi connectivity index (χ2v) is 16.2. The summed E-state index contributed by atoms with van der Waals surface area (Å²) in [6, 6.07) is 52.1. The molecule has 2 heterocycles. The van der Waals surface area contributed by atoms with Crippen molar-refractivity contribution in [3.63, 3.8) is 0 Å². The molecule has 0 radical (unpaired) electrons. The molecule has 0 N–H and O–H groups in total. The zero-order valence-corrected chi connectivity index (χ0v) is 30.1. The first kappa shape index (κ1) is 30.3. The van der Waals surface area contributed by atoms with Crippen molar-refractivity contribution < 1.29 is 4.74 Å². The molecule has 258 valence electrons. The van der Waals surface area contributed by atoms with Crippen molar-refractivity contribution in [3.05, 3.63) is 185 Å². The number of nitrogens with zero attached hydrogens (tertiary/aromatic N) is 3. The molecule has 0 saturated heterocycles. The van der Waals surface area contributed by atoms with Gasteiger partial charge in [-0.3, -0.25) is 0 Å². The van der Waals surface area contributed by atoms with E-state index in [1.54, 1.807) is 11.1 Å². The Morgan fingerprint density at radius 1 is 0.500 bits per heavy atom. The monoisotopic (exact) mass is 695 g/mol. The first-order valence-electron chi connectivity index (χ1n) is 19.3. The minimum absolute atomic E-state index is 0.101. The summed E-state index contributed by atoms with van der Waals surface area (Å²) in [6.07, 6.45) is 4.74. The number of hydrogen-bond donors (Lipinski definition) is 0. The van der Waals surface area contributed by atoms with Gasteiger partial charge < -0.3 is 4.74 Å². The second-order valence-electron chi connectivity index (χ2n) is 16.2. The van der Waals surface area contributed by atoms with E-state index in [4.69, 9.17) is 19.7 Å². The Bertz CT molecular complexity index is 2680. The van der Waals surface area contributed by atoms with E-state index < -0.39 is 5.41 Å². The molecule has 2 atom stereocenters. The maximum atomic E-state index is 6.88. The van der Waals surface area contributed by atoms with Gasteiger partial charge in [0.1, 0.15) is 17.3 Å². The predicted octanol–water partition coefficient (Wildman–Crippen LogP) is 11.7. The molecule has 12 rings (SSSR count). The fourth-order valence-electron chi connectivity index (χ4n) is 10.9. The standard InChI is InChI=1S/C50H37N3O/c1-49(28-33-25-32-26-34(29-49)45(32)33)48-52-46(30-13-3-2-4-14-30)51-47(53-48)38-18-6-5-15-35(38)31-23-24-42-44(27-31)54-43-22-12-11-21-41(43)50(42)39-19-9-7-16-36(39)37-17-8-10-20-40(37)50/h2-24,27,33-34H,25-26,28-29H2,1H3. The van der Waals surface area contributed by atoms with E-state index in [1.807, 2.05) is 6.07 Å². The normalized spacial score (nSPS) is 21.8. The molecular weight excluding hydrogens is 659 g/mol. The summed E-state index contributed by atoms with van der Waals surface area (Å²) in [6.45, 7) is 2.40. The molecule has 54 heavy (non-hydrogen) atoms. The van der Waals surface area contributed by atoms with Crippen molar-refractivity contribution in [3.8, 4) is 56.5 Å². The Morgan fingerprint density at radius 2 is 1.07 bits per heavy atom. The minimum Gasteiger partial charge on any atom is -0.457 e. The molecule has 1 fully saturated rings. The van der Waals surface area contributed by atoms with Crippen LogP contribution in [0.5, 0.6) is 11.5 Å². The van der Waals surface area contributed by atoms with Crippen LogP contribution in [0.3, 0.4) is 0 Å². The Balaban J connectivity index is 1.03. The van der Waals surface area contributed by atoms with Crippen LogP contribution in [-0.2, 0) is 10.8 Å². The van der Waals surface area contributed by atoms with Gasteiger partial charge in [-0.05, 0) is 83.0 Å². The SMILES string of the molecule is CC1(c2nc(-c3ccccc3)nc(-c3ccccc3-c3ccc4c(c3)Oc3ccccc3C43c4ccccc4-c4ccccc43)n2)CC2CC3=C2C(C3)C1. The van der Waals surface area contributed by atoms with Crippen molar-refractivity contribution in [1.82, 2.24) is 15.0 Å². The van der Waals surface area contributed by atoms with Gasteiger partial charge in [-0.2, -0.15) is 0 Å². The van der Waals surface area contributed by atoms with Crippen LogP contribution in [0.2, 0.25) is 0 Å². The van der Waals surface area contributed by atoms with Gasteiger partial charge in [0.05, 0.1) is 5.41 Å². The van der Waals surface area contributed by atoms with Crippen LogP contribution in [0.4, 0.5) is 0 Å². The average Bonchev–Trinajstić information content (AvgIpc) is 3.50. The van der Waals surface area contributed by atoms with Crippen LogP contribution in [0.15, 0.2) is 157 Å². The number of benzene rings is 6. The summed E-state index contributed by atoms with van der Waals surface area (Å²) in [7, 11) is 0. The zero-order valence-electron chi connectivity index (χ0n) is 30.1. The molecule has 1 saturated carbocycles. The predicted molar refractivity (Wildman–Crippen MR) is 213 cm³/mol. The third-order valence-corrected chi connectivity index (χ3v) is 13.2. The quantitative estimate of drug-likeness (QED) is 0.172. The van der Waals surface area contributed by atoms with E-state index in [1.165, 1.54) is 40.7 Å². The van der Waals surface area contributed by atoms with Gasteiger partial charge in [-0.25, -0.2) is 15.0 Å². The zero-order chi connectivity index (χ0) is 35.6. The summed E-state index contributed by atoms with van der Waals surface area (Å²) < 4.78 is 6.88. The van der Waals surface area contributed by atoms with Crippen LogP contribution in [-0.4, -0.2) is 15.0 Å². The number of aromatic nitrogens is 3. The van der Waals surface area contributed by atoms with Gasteiger partial charge in [-0.1, -0.05) is 152 Å². The number of hydrogen-bond acceptors (Lipinski definition) is 4. The van der Waals surface area contributed by atoms with Crippen LogP contribution >= 0.6 is 0 Å². The van der Waals surface area contributed by atoms with Crippen molar-refractivity contribution in [2.75, 3.05) is 0 Å². The highest BCUT2D eigenvalue weighted by atomic mass is 16.5. The lowest BCUT2D eigenvalue weighted by molar-refractivity contribution is 0.160. The molecule has 4 aliphatic carbocycles. The summed E-state index contributed by atoms with van der Waals surface area (Å²) in [5.74, 6) is 5.51. The Kier molecular flexibility index (Phi) is 6.16. The maximum Gasteiger partial charge on any atom is 0.164 e. The fourth-order valence-corrected chi connectivity index (χ4v) is 10.9. The largest absolute Gasteiger partial charge is 0.457 e. The summed E-state index contributed by atoms with van der Waals surface area (Å²) >= 11 is 0. The van der Waals surface area contributed by atoms with Gasteiger partial charge in [0.2, 0.25) is 0 Å². The minimum atomic E-state index is -0.491. The molecule has 0 bridgehead atoms. The second kappa shape index (κ2) is 11.0. The van der Waals surface area contributed by atoms with Crippen LogP contribution in [0.1, 0.15) is 60.7 Å². The third kappa shape index (κ3) is 4.06. The first-order valence-corrected chi connectivity index (χ1v) is 19.3. The third-order valence-electron chi connectivity index (χ3n) is 13.2. The summed E-state index contributed by atoms with van der Waals surface area (Å²) in [4.78, 5) is 15.9. The van der Waals surface area contributed by atoms with Gasteiger partial charge in [0.15, 0.2) is 11.6 Å². The Labute approximate surface area is 315 Å². The molecule has 1 aromatic heterocycles. The molecule has 1 spiro atoms. The molecule has 7 aromatic rings. The van der Waals surface area contributed by atoms with E-state index in [-0.39, 0.29) is 5.41 Å². The number of fused-ring (bicyclic) bond motifs is 9. The van der Waals surface area contributed by atoms with Gasteiger partial charge in [-0.15, -0.1) is 0 Å². The lowest BCUT2D eigenvalue weighted by atomic mass is 9.48. The van der Waals surface area contributed by atoms with E-state index in [9.17, 15) is 0 Å². The Hall–Kier alpha value is -6.13. The van der Waals surface area contributed by atoms with Crippen molar-refractivity contribution >= 4 is 0 Å². The van der Waals surface area contributed by atoms with Gasteiger partial charge in [0.25, 0.3) is 0 Å². The highest BCUT2D eigenvalue weighted by Crippen LogP contribution is 2.64. The van der Waals surface area contributed by atoms with Crippen LogP contribution < -0.4 is 4.74 Å². The number of para-hydroxylation sites is 1. The smallest absolute Gasteiger partial charge is 0.164 e. The maximum absolute atomic E-state index is 6.88. The van der Waals surface area contributed by atoms with Gasteiger partial charge >= 0.3 is 0 Å². The molecular formula is C50H37N3O. The lowest BCUT2D eigenvalue weighted by Crippen LogP contribution is -2.47. The van der Waals surface area contributed by atoms with Crippen molar-refractivity contribution in [1.29, 1.82) is 0 Å². The molecule has 4 nitrogen and oxygen atoms in total. The van der Waals surface area contributed by atoms with Crippen molar-refractivity contribution in [2.24, 2.45) is 11.8 Å². The van der Waals surface area contributed by atoms with E-state index in [0.29, 0.717) is 11.8 Å². The summed E-state index contributed by atoms with van der Waals surface area (Å²) in [5.41, 5.74) is 14.5. The Morgan fingerprint density at radius 3 is 1.78 bits per heavy atom. The molecule has 2 unspecified atom stereocenters. The van der Waals surface area contributed by atoms with Crippen LogP contribution in [0, 0.1) is 11.8 Å².